The normalized spacial score (nSPS) is 12.3. The van der Waals surface area contributed by atoms with E-state index in [0.29, 0.717) is 0 Å². The topological polar surface area (TPSA) is 25.2 Å². The number of hydrogen-bond donors (Lipinski definition) is 0. The number of hydrogen-bond acceptors (Lipinski definition) is 2. The number of benzene rings is 1. The highest BCUT2D eigenvalue weighted by atomic mass is 31.2. The van der Waals surface area contributed by atoms with E-state index in [-0.39, 0.29) is 0 Å². The van der Waals surface area contributed by atoms with Gasteiger partial charge in [-0.25, -0.2) is 0 Å². The molecule has 0 aliphatic heterocycles. The SMILES string of the molecule is CP(C)(C)=N/C(=C\c1ccccc1)c1ccccn1. The Labute approximate surface area is 115 Å². The Morgan fingerprint density at radius 1 is 1.00 bits per heavy atom. The van der Waals surface area contributed by atoms with E-state index in [0.717, 1.165) is 17.0 Å². The van der Waals surface area contributed by atoms with Crippen molar-refractivity contribution in [1.82, 2.24) is 4.98 Å². The van der Waals surface area contributed by atoms with Gasteiger partial charge in [0.25, 0.3) is 0 Å². The summed E-state index contributed by atoms with van der Waals surface area (Å²) in [6.45, 7) is 6.61. The third-order valence-electron chi connectivity index (χ3n) is 2.44. The summed E-state index contributed by atoms with van der Waals surface area (Å²) in [5.41, 5.74) is 3.05. The molecule has 0 atom stereocenters. The molecule has 98 valence electrons. The van der Waals surface area contributed by atoms with Gasteiger partial charge in [-0.2, -0.15) is 0 Å². The predicted octanol–water partition coefficient (Wildman–Crippen LogP) is 4.67. The van der Waals surface area contributed by atoms with Crippen molar-refractivity contribution in [3.05, 3.63) is 66.0 Å². The summed E-state index contributed by atoms with van der Waals surface area (Å²) in [6, 6.07) is 16.2. The molecule has 1 aromatic carbocycles. The number of nitrogens with zero attached hydrogens (tertiary/aromatic N) is 2. The average molecular weight is 270 g/mol. The predicted molar refractivity (Wildman–Crippen MR) is 85.7 cm³/mol. The van der Waals surface area contributed by atoms with Gasteiger partial charge in [-0.1, -0.05) is 36.4 Å². The summed E-state index contributed by atoms with van der Waals surface area (Å²) in [7, 11) is -1.26. The van der Waals surface area contributed by atoms with Crippen LogP contribution < -0.4 is 0 Å². The largest absolute Gasteiger partial charge is 0.266 e. The van der Waals surface area contributed by atoms with E-state index >= 15 is 0 Å². The van der Waals surface area contributed by atoms with Crippen LogP contribution in [0.4, 0.5) is 0 Å². The lowest BCUT2D eigenvalue weighted by Gasteiger charge is -2.09. The summed E-state index contributed by atoms with van der Waals surface area (Å²) >= 11 is 0. The smallest absolute Gasteiger partial charge is 0.0885 e. The second-order valence-electron chi connectivity index (χ2n) is 5.20. The molecule has 19 heavy (non-hydrogen) atoms. The Balaban J connectivity index is 2.50. The van der Waals surface area contributed by atoms with Gasteiger partial charge in [0, 0.05) is 6.20 Å². The molecule has 0 aliphatic rings. The van der Waals surface area contributed by atoms with Gasteiger partial charge in [-0.05, 0) is 50.8 Å². The zero-order valence-corrected chi connectivity index (χ0v) is 12.5. The van der Waals surface area contributed by atoms with E-state index in [1.807, 2.05) is 42.6 Å². The molecule has 0 fully saturated rings. The van der Waals surface area contributed by atoms with Gasteiger partial charge in [-0.3, -0.25) is 9.73 Å². The lowest BCUT2D eigenvalue weighted by molar-refractivity contribution is 1.26. The van der Waals surface area contributed by atoms with E-state index in [9.17, 15) is 0 Å². The molecule has 0 spiro atoms. The third kappa shape index (κ3) is 4.50. The van der Waals surface area contributed by atoms with Crippen molar-refractivity contribution < 1.29 is 0 Å². The molecule has 1 heterocycles. The van der Waals surface area contributed by atoms with E-state index < -0.39 is 7.05 Å². The summed E-state index contributed by atoms with van der Waals surface area (Å²) in [4.78, 5) is 4.42. The van der Waals surface area contributed by atoms with Crippen molar-refractivity contribution >= 4 is 18.8 Å². The van der Waals surface area contributed by atoms with Gasteiger partial charge >= 0.3 is 0 Å². The van der Waals surface area contributed by atoms with E-state index in [2.05, 4.69) is 43.2 Å². The minimum Gasteiger partial charge on any atom is -0.266 e. The average Bonchev–Trinajstić information content (AvgIpc) is 2.39. The van der Waals surface area contributed by atoms with Crippen molar-refractivity contribution in [1.29, 1.82) is 0 Å². The molecule has 2 aromatic rings. The maximum atomic E-state index is 4.88. The number of rotatable bonds is 3. The van der Waals surface area contributed by atoms with Crippen molar-refractivity contribution in [2.45, 2.75) is 0 Å². The second-order valence-corrected chi connectivity index (χ2v) is 9.28. The first-order valence-corrected chi connectivity index (χ1v) is 9.36. The quantitative estimate of drug-likeness (QED) is 0.744. The highest BCUT2D eigenvalue weighted by molar-refractivity contribution is 7.64. The Bertz CT molecular complexity index is 601. The standard InChI is InChI=1S/C16H19N2P/c1-19(2,3)18-16(15-11-7-8-12-17-15)13-14-9-5-4-6-10-14/h4-13H,1-3H3/b16-13-. The van der Waals surface area contributed by atoms with Crippen LogP contribution in [-0.2, 0) is 0 Å². The van der Waals surface area contributed by atoms with Gasteiger partial charge in [0.1, 0.15) is 0 Å². The first-order chi connectivity index (χ1) is 9.04. The molecular weight excluding hydrogens is 251 g/mol. The molecule has 3 heteroatoms. The van der Waals surface area contributed by atoms with Crippen LogP contribution in [0.5, 0.6) is 0 Å². The van der Waals surface area contributed by atoms with Crippen molar-refractivity contribution in [3.63, 3.8) is 0 Å². The third-order valence-corrected chi connectivity index (χ3v) is 3.25. The van der Waals surface area contributed by atoms with Crippen LogP contribution in [0.15, 0.2) is 59.5 Å². The Morgan fingerprint density at radius 2 is 1.68 bits per heavy atom. The van der Waals surface area contributed by atoms with Gasteiger partial charge in [0.15, 0.2) is 0 Å². The fourth-order valence-corrected chi connectivity index (χ4v) is 2.51. The van der Waals surface area contributed by atoms with E-state index in [4.69, 9.17) is 4.74 Å². The maximum absolute atomic E-state index is 4.88. The van der Waals surface area contributed by atoms with Crippen molar-refractivity contribution in [2.75, 3.05) is 20.0 Å². The highest BCUT2D eigenvalue weighted by Crippen LogP contribution is 2.40. The molecule has 2 rings (SSSR count). The lowest BCUT2D eigenvalue weighted by Crippen LogP contribution is -1.86. The van der Waals surface area contributed by atoms with Crippen LogP contribution >= 0.6 is 7.05 Å². The highest BCUT2D eigenvalue weighted by Gasteiger charge is 2.04. The second kappa shape index (κ2) is 5.99. The van der Waals surface area contributed by atoms with Crippen LogP contribution in [0.3, 0.4) is 0 Å². The number of pyridine rings is 1. The monoisotopic (exact) mass is 270 g/mol. The molecule has 1 aromatic heterocycles. The molecule has 0 aliphatic carbocycles. The Hall–Kier alpha value is -1.66. The van der Waals surface area contributed by atoms with Crippen molar-refractivity contribution in [2.24, 2.45) is 4.74 Å². The minimum atomic E-state index is -1.26. The van der Waals surface area contributed by atoms with Gasteiger partial charge in [-0.15, -0.1) is 0 Å². The minimum absolute atomic E-state index is 0.932. The maximum Gasteiger partial charge on any atom is 0.0885 e. The molecule has 0 bridgehead atoms. The lowest BCUT2D eigenvalue weighted by atomic mass is 10.1. The summed E-state index contributed by atoms with van der Waals surface area (Å²) < 4.78 is 4.88. The van der Waals surface area contributed by atoms with Gasteiger partial charge < -0.3 is 0 Å². The van der Waals surface area contributed by atoms with E-state index in [1.54, 1.807) is 0 Å². The van der Waals surface area contributed by atoms with Crippen LogP contribution in [0.1, 0.15) is 11.3 Å². The zero-order chi connectivity index (χ0) is 13.7. The summed E-state index contributed by atoms with van der Waals surface area (Å²) in [5, 5.41) is 0. The molecule has 0 amide bonds. The van der Waals surface area contributed by atoms with E-state index in [1.165, 1.54) is 0 Å². The van der Waals surface area contributed by atoms with Crippen LogP contribution in [0.2, 0.25) is 0 Å². The molecular formula is C16H19N2P. The van der Waals surface area contributed by atoms with Crippen LogP contribution in [-0.4, -0.2) is 25.0 Å². The molecule has 0 unspecified atom stereocenters. The Morgan fingerprint density at radius 3 is 2.26 bits per heavy atom. The molecule has 2 nitrogen and oxygen atoms in total. The molecule has 0 saturated carbocycles. The summed E-state index contributed by atoms with van der Waals surface area (Å²) in [5.74, 6) is 0. The zero-order valence-electron chi connectivity index (χ0n) is 11.6. The van der Waals surface area contributed by atoms with Crippen LogP contribution in [0.25, 0.3) is 11.8 Å². The fourth-order valence-electron chi connectivity index (χ4n) is 1.70. The van der Waals surface area contributed by atoms with Gasteiger partial charge in [0.2, 0.25) is 0 Å². The molecule has 0 N–H and O–H groups in total. The summed E-state index contributed by atoms with van der Waals surface area (Å²) in [6.07, 6.45) is 3.92. The first kappa shape index (κ1) is 13.8. The number of aromatic nitrogens is 1. The molecule has 0 radical (unpaired) electrons. The van der Waals surface area contributed by atoms with Crippen molar-refractivity contribution in [3.8, 4) is 0 Å². The van der Waals surface area contributed by atoms with Gasteiger partial charge in [0.05, 0.1) is 11.4 Å². The Kier molecular flexibility index (Phi) is 4.34. The van der Waals surface area contributed by atoms with Crippen LogP contribution in [0, 0.1) is 0 Å². The first-order valence-electron chi connectivity index (χ1n) is 6.27. The fraction of sp³-hybridized carbons (Fsp3) is 0.188. The molecule has 0 saturated heterocycles.